The molecule has 1 aromatic heterocycles. The highest BCUT2D eigenvalue weighted by Crippen LogP contribution is 2.30. The third-order valence-corrected chi connectivity index (χ3v) is 4.11. The second-order valence-electron chi connectivity index (χ2n) is 6.62. The summed E-state index contributed by atoms with van der Waals surface area (Å²) >= 11 is 0. The van der Waals surface area contributed by atoms with Crippen LogP contribution >= 0.6 is 0 Å². The average Bonchev–Trinajstić information content (AvgIpc) is 3.34. The molecule has 2 aromatic rings. The first-order valence-corrected chi connectivity index (χ1v) is 8.43. The van der Waals surface area contributed by atoms with Crippen molar-refractivity contribution in [2.75, 3.05) is 10.6 Å². The number of nitrogens with one attached hydrogen (secondary N) is 3. The van der Waals surface area contributed by atoms with Gasteiger partial charge < -0.3 is 10.6 Å². The normalized spacial score (nSPS) is 13.7. The summed E-state index contributed by atoms with van der Waals surface area (Å²) in [4.78, 5) is 16.0. The molecule has 0 saturated heterocycles. The largest absolute Gasteiger partial charge is 0.354 e. The average molecular weight is 324 g/mol. The van der Waals surface area contributed by atoms with Crippen LogP contribution in [0.2, 0.25) is 0 Å². The van der Waals surface area contributed by atoms with Gasteiger partial charge in [0.1, 0.15) is 5.82 Å². The number of amides is 2. The Balaban J connectivity index is 1.69. The van der Waals surface area contributed by atoms with Crippen LogP contribution in [0.4, 0.5) is 22.0 Å². The summed E-state index contributed by atoms with van der Waals surface area (Å²) in [6.07, 6.45) is 3.87. The molecule has 0 aliphatic heterocycles. The molecule has 3 rings (SSSR count). The molecule has 0 radical (unpaired) electrons. The lowest BCUT2D eigenvalue weighted by molar-refractivity contribution is 0.251. The predicted molar refractivity (Wildman–Crippen MR) is 98.0 cm³/mol. The molecule has 5 heteroatoms. The van der Waals surface area contributed by atoms with Gasteiger partial charge in [-0.25, -0.2) is 9.78 Å². The van der Waals surface area contributed by atoms with Crippen LogP contribution in [-0.2, 0) is 0 Å². The van der Waals surface area contributed by atoms with E-state index < -0.39 is 0 Å². The highest BCUT2D eigenvalue weighted by Gasteiger charge is 2.23. The van der Waals surface area contributed by atoms with Gasteiger partial charge in [-0.05, 0) is 48.9 Å². The fourth-order valence-corrected chi connectivity index (χ4v) is 2.59. The second-order valence-corrected chi connectivity index (χ2v) is 6.62. The van der Waals surface area contributed by atoms with Crippen molar-refractivity contribution in [1.82, 2.24) is 10.3 Å². The van der Waals surface area contributed by atoms with Crippen molar-refractivity contribution < 1.29 is 4.79 Å². The van der Waals surface area contributed by atoms with Crippen molar-refractivity contribution in [2.24, 2.45) is 0 Å². The molecule has 3 N–H and O–H groups in total. The zero-order valence-corrected chi connectivity index (χ0v) is 14.4. The number of pyridine rings is 1. The molecule has 2 amide bonds. The van der Waals surface area contributed by atoms with Crippen molar-refractivity contribution in [3.8, 4) is 0 Å². The van der Waals surface area contributed by atoms with E-state index in [1.807, 2.05) is 12.1 Å². The Hall–Kier alpha value is -2.56. The van der Waals surface area contributed by atoms with E-state index >= 15 is 0 Å². The lowest BCUT2D eigenvalue weighted by Crippen LogP contribution is -2.30. The van der Waals surface area contributed by atoms with Gasteiger partial charge >= 0.3 is 6.03 Å². The Labute approximate surface area is 142 Å². The van der Waals surface area contributed by atoms with E-state index in [0.717, 1.165) is 24.2 Å². The van der Waals surface area contributed by atoms with E-state index in [4.69, 9.17) is 0 Å². The molecule has 1 aliphatic rings. The molecule has 1 aliphatic carbocycles. The van der Waals surface area contributed by atoms with Crippen molar-refractivity contribution >= 4 is 23.2 Å². The molecule has 0 atom stereocenters. The van der Waals surface area contributed by atoms with Gasteiger partial charge in [0.2, 0.25) is 0 Å². The number of hydrogen-bond donors (Lipinski definition) is 3. The number of carbonyl (C=O) groups excluding carboxylic acids is 1. The van der Waals surface area contributed by atoms with Gasteiger partial charge in [-0.3, -0.25) is 5.32 Å². The van der Waals surface area contributed by atoms with Crippen LogP contribution < -0.4 is 16.0 Å². The number of benzene rings is 1. The van der Waals surface area contributed by atoms with E-state index in [9.17, 15) is 4.79 Å². The minimum atomic E-state index is -0.188. The molecule has 0 bridgehead atoms. The smallest absolute Gasteiger partial charge is 0.320 e. The van der Waals surface area contributed by atoms with Crippen LogP contribution in [0.15, 0.2) is 36.5 Å². The number of carbonyl (C=O) groups is 1. The monoisotopic (exact) mass is 324 g/mol. The van der Waals surface area contributed by atoms with Gasteiger partial charge in [-0.1, -0.05) is 32.0 Å². The summed E-state index contributed by atoms with van der Waals surface area (Å²) in [5.41, 5.74) is 4.51. The summed E-state index contributed by atoms with van der Waals surface area (Å²) in [5.74, 6) is 0.986. The van der Waals surface area contributed by atoms with Crippen LogP contribution in [0.1, 0.15) is 43.7 Å². The van der Waals surface area contributed by atoms with Gasteiger partial charge in [0.15, 0.2) is 0 Å². The zero-order valence-electron chi connectivity index (χ0n) is 14.4. The molecule has 5 nitrogen and oxygen atoms in total. The van der Waals surface area contributed by atoms with E-state index in [1.165, 1.54) is 11.1 Å². The maximum Gasteiger partial charge on any atom is 0.320 e. The summed E-state index contributed by atoms with van der Waals surface area (Å²) in [7, 11) is 0. The molecular formula is C19H24N4O. The van der Waals surface area contributed by atoms with Crippen molar-refractivity contribution in [1.29, 1.82) is 0 Å². The fraction of sp³-hybridized carbons (Fsp3) is 0.368. The maximum atomic E-state index is 11.7. The molecule has 126 valence electrons. The SMILES string of the molecule is Cc1cccc(C(C)C)c1Nc1ccc(NC(=O)NC2CC2)nc1. The van der Waals surface area contributed by atoms with Crippen LogP contribution in [-0.4, -0.2) is 17.1 Å². The van der Waals surface area contributed by atoms with Crippen LogP contribution in [0.25, 0.3) is 0 Å². The van der Waals surface area contributed by atoms with E-state index in [1.54, 1.807) is 6.20 Å². The lowest BCUT2D eigenvalue weighted by Gasteiger charge is -2.17. The third kappa shape index (κ3) is 4.04. The van der Waals surface area contributed by atoms with Gasteiger partial charge in [-0.2, -0.15) is 0 Å². The molecular weight excluding hydrogens is 300 g/mol. The summed E-state index contributed by atoms with van der Waals surface area (Å²) in [6.45, 7) is 6.47. The van der Waals surface area contributed by atoms with Gasteiger partial charge in [-0.15, -0.1) is 0 Å². The number of aromatic nitrogens is 1. The molecule has 1 aromatic carbocycles. The van der Waals surface area contributed by atoms with Crippen LogP contribution in [0.5, 0.6) is 0 Å². The summed E-state index contributed by atoms with van der Waals surface area (Å²) in [6, 6.07) is 10.2. The summed E-state index contributed by atoms with van der Waals surface area (Å²) < 4.78 is 0. The number of anilines is 3. The van der Waals surface area contributed by atoms with Crippen LogP contribution in [0, 0.1) is 6.92 Å². The Morgan fingerprint density at radius 2 is 2.00 bits per heavy atom. The molecule has 1 saturated carbocycles. The van der Waals surface area contributed by atoms with Crippen molar-refractivity contribution in [2.45, 2.75) is 45.6 Å². The molecule has 0 unspecified atom stereocenters. The summed E-state index contributed by atoms with van der Waals surface area (Å²) in [5, 5.41) is 9.09. The highest BCUT2D eigenvalue weighted by atomic mass is 16.2. The quantitative estimate of drug-likeness (QED) is 0.756. The molecule has 24 heavy (non-hydrogen) atoms. The standard InChI is InChI=1S/C19H24N4O/c1-12(2)16-6-4-5-13(3)18(16)21-15-9-10-17(20-11-15)23-19(24)22-14-7-8-14/h4-6,9-12,14,21H,7-8H2,1-3H3,(H2,20,22,23,24). The molecule has 1 fully saturated rings. The van der Waals surface area contributed by atoms with Crippen LogP contribution in [0.3, 0.4) is 0 Å². The fourth-order valence-electron chi connectivity index (χ4n) is 2.59. The Morgan fingerprint density at radius 1 is 1.21 bits per heavy atom. The predicted octanol–water partition coefficient (Wildman–Crippen LogP) is 4.54. The van der Waals surface area contributed by atoms with Crippen molar-refractivity contribution in [3.05, 3.63) is 47.7 Å². The maximum absolute atomic E-state index is 11.7. The third-order valence-electron chi connectivity index (χ3n) is 4.11. The van der Waals surface area contributed by atoms with E-state index in [2.05, 4.69) is 59.9 Å². The topological polar surface area (TPSA) is 66.0 Å². The zero-order chi connectivity index (χ0) is 17.1. The number of rotatable bonds is 5. The number of hydrogen-bond acceptors (Lipinski definition) is 3. The minimum Gasteiger partial charge on any atom is -0.354 e. The van der Waals surface area contributed by atoms with Gasteiger partial charge in [0, 0.05) is 11.7 Å². The first-order valence-electron chi connectivity index (χ1n) is 8.43. The molecule has 1 heterocycles. The Kier molecular flexibility index (Phi) is 4.69. The minimum absolute atomic E-state index is 0.188. The lowest BCUT2D eigenvalue weighted by atomic mass is 9.98. The Bertz CT molecular complexity index is 721. The van der Waals surface area contributed by atoms with E-state index in [-0.39, 0.29) is 6.03 Å². The molecule has 0 spiro atoms. The number of para-hydroxylation sites is 1. The first kappa shape index (κ1) is 16.3. The highest BCUT2D eigenvalue weighted by molar-refractivity contribution is 5.88. The second kappa shape index (κ2) is 6.91. The van der Waals surface area contributed by atoms with Gasteiger partial charge in [0.25, 0.3) is 0 Å². The van der Waals surface area contributed by atoms with Gasteiger partial charge in [0.05, 0.1) is 11.9 Å². The first-order chi connectivity index (χ1) is 11.5. The van der Waals surface area contributed by atoms with Crippen molar-refractivity contribution in [3.63, 3.8) is 0 Å². The number of urea groups is 1. The number of aryl methyl sites for hydroxylation is 1. The van der Waals surface area contributed by atoms with E-state index in [0.29, 0.717) is 17.8 Å². The number of nitrogens with zero attached hydrogens (tertiary/aromatic N) is 1. The Morgan fingerprint density at radius 3 is 2.62 bits per heavy atom.